The van der Waals surface area contributed by atoms with Gasteiger partial charge in [0.25, 0.3) is 0 Å². The van der Waals surface area contributed by atoms with Crippen LogP contribution in [0.4, 0.5) is 5.82 Å². The third kappa shape index (κ3) is 4.89. The van der Waals surface area contributed by atoms with E-state index in [1.165, 1.54) is 0 Å². The van der Waals surface area contributed by atoms with Crippen LogP contribution in [0.25, 0.3) is 0 Å². The normalized spacial score (nSPS) is 11.8. The Kier molecular flexibility index (Phi) is 5.52. The van der Waals surface area contributed by atoms with Crippen LogP contribution in [0.5, 0.6) is 0 Å². The minimum Gasteiger partial charge on any atom is -0.369 e. The molecule has 0 radical (unpaired) electrons. The van der Waals surface area contributed by atoms with E-state index < -0.39 is 9.84 Å². The van der Waals surface area contributed by atoms with Gasteiger partial charge >= 0.3 is 0 Å². The summed E-state index contributed by atoms with van der Waals surface area (Å²) in [6.45, 7) is 6.02. The lowest BCUT2D eigenvalue weighted by Gasteiger charge is -2.09. The molecule has 0 saturated carbocycles. The number of anilines is 1. The second-order valence-electron chi connectivity index (χ2n) is 4.25. The van der Waals surface area contributed by atoms with E-state index in [4.69, 9.17) is 0 Å². The van der Waals surface area contributed by atoms with Gasteiger partial charge in [0.1, 0.15) is 16.2 Å². The number of rotatable bonds is 6. The molecular weight excluding hydrogens is 318 g/mol. The van der Waals surface area contributed by atoms with E-state index in [2.05, 4.69) is 31.2 Å². The largest absolute Gasteiger partial charge is 0.369 e. The molecule has 1 rings (SSSR count). The van der Waals surface area contributed by atoms with Gasteiger partial charge in [0.15, 0.2) is 9.84 Å². The fourth-order valence-electron chi connectivity index (χ4n) is 1.26. The van der Waals surface area contributed by atoms with Gasteiger partial charge in [-0.15, -0.1) is 0 Å². The summed E-state index contributed by atoms with van der Waals surface area (Å²) < 4.78 is 23.4. The molecule has 1 aromatic rings. The molecule has 1 heterocycles. The molecule has 0 atom stereocenters. The van der Waals surface area contributed by atoms with Gasteiger partial charge < -0.3 is 5.32 Å². The summed E-state index contributed by atoms with van der Waals surface area (Å²) in [5.74, 6) is 1.88. The number of sulfone groups is 1. The first kappa shape index (κ1) is 15.4. The van der Waals surface area contributed by atoms with Crippen LogP contribution in [0.2, 0.25) is 0 Å². The second kappa shape index (κ2) is 6.47. The van der Waals surface area contributed by atoms with Gasteiger partial charge in [0.2, 0.25) is 0 Å². The van der Waals surface area contributed by atoms with Gasteiger partial charge in [-0.25, -0.2) is 18.4 Å². The molecule has 0 saturated heterocycles. The topological polar surface area (TPSA) is 72.0 Å². The second-order valence-corrected chi connectivity index (χ2v) is 7.54. The molecule has 0 spiro atoms. The molecule has 1 aromatic heterocycles. The zero-order chi connectivity index (χ0) is 13.8. The van der Waals surface area contributed by atoms with Crippen molar-refractivity contribution in [3.05, 3.63) is 16.5 Å². The van der Waals surface area contributed by atoms with Gasteiger partial charge in [0, 0.05) is 24.3 Å². The average molecular weight is 336 g/mol. The minimum absolute atomic E-state index is 0.113. The Balaban J connectivity index is 2.68. The van der Waals surface area contributed by atoms with Gasteiger partial charge in [-0.2, -0.15) is 0 Å². The SMILES string of the molecule is CCS(=O)(=O)CCNc1cc(Br)nc(C(C)C)n1. The predicted molar refractivity (Wildman–Crippen MR) is 76.6 cm³/mol. The summed E-state index contributed by atoms with van der Waals surface area (Å²) in [7, 11) is -2.94. The molecular formula is C11H18BrN3O2S. The number of halogens is 1. The molecule has 0 aromatic carbocycles. The summed E-state index contributed by atoms with van der Waals surface area (Å²) in [5.41, 5.74) is 0. The first-order valence-electron chi connectivity index (χ1n) is 5.83. The Morgan fingerprint density at radius 3 is 2.61 bits per heavy atom. The average Bonchev–Trinajstić information content (AvgIpc) is 2.28. The van der Waals surface area contributed by atoms with E-state index in [1.807, 2.05) is 13.8 Å². The maximum Gasteiger partial charge on any atom is 0.151 e. The summed E-state index contributed by atoms with van der Waals surface area (Å²) >= 11 is 3.32. The molecule has 0 amide bonds. The van der Waals surface area contributed by atoms with Crippen molar-refractivity contribution >= 4 is 31.6 Å². The van der Waals surface area contributed by atoms with Crippen LogP contribution in [0.1, 0.15) is 32.5 Å². The fourth-order valence-corrected chi connectivity index (χ4v) is 2.36. The molecule has 18 heavy (non-hydrogen) atoms. The number of aromatic nitrogens is 2. The van der Waals surface area contributed by atoms with Crippen molar-refractivity contribution in [1.29, 1.82) is 0 Å². The number of hydrogen-bond donors (Lipinski definition) is 1. The van der Waals surface area contributed by atoms with Crippen LogP contribution >= 0.6 is 15.9 Å². The third-order valence-corrected chi connectivity index (χ3v) is 4.50. The zero-order valence-electron chi connectivity index (χ0n) is 10.8. The standard InChI is InChI=1S/C11H18BrN3O2S/c1-4-18(16,17)6-5-13-10-7-9(12)14-11(15-10)8(2)3/h7-8H,4-6H2,1-3H3,(H,13,14,15). The minimum atomic E-state index is -2.94. The highest BCUT2D eigenvalue weighted by molar-refractivity contribution is 9.10. The van der Waals surface area contributed by atoms with Crippen molar-refractivity contribution in [2.24, 2.45) is 0 Å². The number of nitrogens with one attached hydrogen (secondary N) is 1. The molecule has 0 bridgehead atoms. The molecule has 0 unspecified atom stereocenters. The third-order valence-electron chi connectivity index (χ3n) is 2.39. The molecule has 0 fully saturated rings. The van der Waals surface area contributed by atoms with E-state index in [9.17, 15) is 8.42 Å². The van der Waals surface area contributed by atoms with Crippen LogP contribution in [0.15, 0.2) is 10.7 Å². The van der Waals surface area contributed by atoms with Crippen molar-refractivity contribution in [1.82, 2.24) is 9.97 Å². The van der Waals surface area contributed by atoms with Crippen molar-refractivity contribution < 1.29 is 8.42 Å². The maximum atomic E-state index is 11.3. The molecule has 0 aliphatic carbocycles. The van der Waals surface area contributed by atoms with Crippen molar-refractivity contribution in [3.8, 4) is 0 Å². The smallest absolute Gasteiger partial charge is 0.151 e. The molecule has 5 nitrogen and oxygen atoms in total. The van der Waals surface area contributed by atoms with E-state index >= 15 is 0 Å². The zero-order valence-corrected chi connectivity index (χ0v) is 13.2. The van der Waals surface area contributed by atoms with Gasteiger partial charge in [-0.1, -0.05) is 20.8 Å². The first-order valence-corrected chi connectivity index (χ1v) is 8.44. The fraction of sp³-hybridized carbons (Fsp3) is 0.636. The lowest BCUT2D eigenvalue weighted by atomic mass is 10.2. The molecule has 0 aliphatic rings. The van der Waals surface area contributed by atoms with Gasteiger partial charge in [0.05, 0.1) is 5.75 Å². The Bertz CT molecular complexity index is 503. The lowest BCUT2D eigenvalue weighted by molar-refractivity contribution is 0.597. The van der Waals surface area contributed by atoms with Crippen molar-refractivity contribution in [2.45, 2.75) is 26.7 Å². The highest BCUT2D eigenvalue weighted by Crippen LogP contribution is 2.17. The quantitative estimate of drug-likeness (QED) is 0.807. The summed E-state index contributed by atoms with van der Waals surface area (Å²) in [4.78, 5) is 8.59. The van der Waals surface area contributed by atoms with E-state index in [0.29, 0.717) is 17.0 Å². The molecule has 1 N–H and O–H groups in total. The number of nitrogens with zero attached hydrogens (tertiary/aromatic N) is 2. The van der Waals surface area contributed by atoms with Crippen LogP contribution in [-0.2, 0) is 9.84 Å². The summed E-state index contributed by atoms with van der Waals surface area (Å²) in [6.07, 6.45) is 0. The lowest BCUT2D eigenvalue weighted by Crippen LogP contribution is -2.18. The van der Waals surface area contributed by atoms with Crippen LogP contribution in [-0.4, -0.2) is 36.4 Å². The Morgan fingerprint density at radius 2 is 2.06 bits per heavy atom. The molecule has 102 valence electrons. The Hall–Kier alpha value is -0.690. The van der Waals surface area contributed by atoms with E-state index in [-0.39, 0.29) is 17.4 Å². The van der Waals surface area contributed by atoms with Crippen LogP contribution in [0.3, 0.4) is 0 Å². The van der Waals surface area contributed by atoms with Crippen molar-refractivity contribution in [3.63, 3.8) is 0 Å². The van der Waals surface area contributed by atoms with Gasteiger partial charge in [-0.3, -0.25) is 0 Å². The van der Waals surface area contributed by atoms with Crippen LogP contribution < -0.4 is 5.32 Å². The predicted octanol–water partition coefficient (Wildman–Crippen LogP) is 2.21. The molecule has 7 heteroatoms. The first-order chi connectivity index (χ1) is 8.34. The van der Waals surface area contributed by atoms with E-state index in [1.54, 1.807) is 13.0 Å². The van der Waals surface area contributed by atoms with Gasteiger partial charge in [-0.05, 0) is 15.9 Å². The van der Waals surface area contributed by atoms with Crippen LogP contribution in [0, 0.1) is 0 Å². The maximum absolute atomic E-state index is 11.3. The van der Waals surface area contributed by atoms with E-state index in [0.717, 1.165) is 5.82 Å². The highest BCUT2D eigenvalue weighted by atomic mass is 79.9. The number of hydrogen-bond acceptors (Lipinski definition) is 5. The Labute approximate surface area is 116 Å². The summed E-state index contributed by atoms with van der Waals surface area (Å²) in [5, 5.41) is 3.01. The Morgan fingerprint density at radius 1 is 1.39 bits per heavy atom. The molecule has 0 aliphatic heterocycles. The highest BCUT2D eigenvalue weighted by Gasteiger charge is 2.09. The van der Waals surface area contributed by atoms with Crippen molar-refractivity contribution in [2.75, 3.05) is 23.4 Å². The monoisotopic (exact) mass is 335 g/mol. The summed E-state index contributed by atoms with van der Waals surface area (Å²) in [6, 6.07) is 1.74.